The summed E-state index contributed by atoms with van der Waals surface area (Å²) >= 11 is 0. The Balaban J connectivity index is 4.21. The van der Waals surface area contributed by atoms with Crippen LogP contribution in [-0.2, 0) is 18.4 Å². The monoisotopic (exact) mass is 801 g/mol. The number of nitrogens with one attached hydrogen (secondary N) is 1. The quantitative estimate of drug-likeness (QED) is 0.0275. The van der Waals surface area contributed by atoms with E-state index in [9.17, 15) is 19.4 Å². The zero-order valence-electron chi connectivity index (χ0n) is 37.1. The first-order chi connectivity index (χ1) is 26.5. The number of nitrogens with zero attached hydrogens (tertiary/aromatic N) is 1. The normalized spacial score (nSPS) is 14.4. The molecule has 0 spiro atoms. The second-order valence-electron chi connectivity index (χ2n) is 17.5. The number of carbonyl (C=O) groups excluding carboxylic acids is 1. The lowest BCUT2D eigenvalue weighted by molar-refractivity contribution is -0.870. The maximum absolute atomic E-state index is 12.8. The van der Waals surface area contributed by atoms with Gasteiger partial charge in [-0.05, 0) is 32.1 Å². The number of likely N-dealkylation sites (N-methyl/N-ethyl adjacent to an activating group) is 1. The molecular weight excluding hydrogens is 707 g/mol. The summed E-state index contributed by atoms with van der Waals surface area (Å²) in [4.78, 5) is 25.3. The van der Waals surface area contributed by atoms with Gasteiger partial charge in [0.1, 0.15) is 13.2 Å². The van der Waals surface area contributed by atoms with Crippen LogP contribution in [0.25, 0.3) is 0 Å². The molecule has 0 fully saturated rings. The molecule has 3 atom stereocenters. The van der Waals surface area contributed by atoms with Crippen LogP contribution in [0.1, 0.15) is 226 Å². The Morgan fingerprint density at radius 1 is 0.618 bits per heavy atom. The van der Waals surface area contributed by atoms with Crippen LogP contribution in [0.5, 0.6) is 0 Å². The highest BCUT2D eigenvalue weighted by molar-refractivity contribution is 7.45. The van der Waals surface area contributed by atoms with E-state index in [-0.39, 0.29) is 19.1 Å². The average molecular weight is 801 g/mol. The molecule has 3 unspecified atom stereocenters. The predicted molar refractivity (Wildman–Crippen MR) is 233 cm³/mol. The molecule has 9 heteroatoms. The van der Waals surface area contributed by atoms with E-state index in [1.54, 1.807) is 0 Å². The lowest BCUT2D eigenvalue weighted by Gasteiger charge is -2.30. The molecule has 8 nitrogen and oxygen atoms in total. The fourth-order valence-corrected chi connectivity index (χ4v) is 7.69. The van der Waals surface area contributed by atoms with E-state index in [0.29, 0.717) is 23.9 Å². The summed E-state index contributed by atoms with van der Waals surface area (Å²) in [5.41, 5.74) is 0. The highest BCUT2D eigenvalue weighted by Crippen LogP contribution is 2.38. The first-order valence-electron chi connectivity index (χ1n) is 23.5. The summed E-state index contributed by atoms with van der Waals surface area (Å²) in [6.07, 6.45) is 43.7. The van der Waals surface area contributed by atoms with Crippen LogP contribution in [0.3, 0.4) is 0 Å². The van der Waals surface area contributed by atoms with Gasteiger partial charge in [0.15, 0.2) is 0 Å². The predicted octanol–water partition coefficient (Wildman–Crippen LogP) is 12.5. The maximum Gasteiger partial charge on any atom is 0.268 e. The van der Waals surface area contributed by atoms with Crippen molar-refractivity contribution >= 4 is 13.7 Å². The van der Waals surface area contributed by atoms with Crippen LogP contribution in [-0.4, -0.2) is 68.5 Å². The summed E-state index contributed by atoms with van der Waals surface area (Å²) in [6.45, 7) is 4.69. The molecule has 0 bridgehead atoms. The zero-order valence-corrected chi connectivity index (χ0v) is 38.0. The zero-order chi connectivity index (χ0) is 40.7. The number of allylic oxidation sites excluding steroid dienone is 2. The summed E-state index contributed by atoms with van der Waals surface area (Å²) in [6, 6.07) is -0.800. The summed E-state index contributed by atoms with van der Waals surface area (Å²) in [7, 11) is 1.30. The van der Waals surface area contributed by atoms with E-state index in [4.69, 9.17) is 9.05 Å². The second kappa shape index (κ2) is 38.7. The summed E-state index contributed by atoms with van der Waals surface area (Å²) in [5, 5.41) is 13.9. The number of aliphatic hydroxyl groups excluding tert-OH is 1. The van der Waals surface area contributed by atoms with Crippen LogP contribution in [0.4, 0.5) is 0 Å². The number of aliphatic hydroxyl groups is 1. The van der Waals surface area contributed by atoms with E-state index < -0.39 is 20.0 Å². The number of rotatable bonds is 43. The molecule has 0 saturated carbocycles. The molecule has 0 saturated heterocycles. The van der Waals surface area contributed by atoms with Crippen molar-refractivity contribution in [2.24, 2.45) is 0 Å². The van der Waals surface area contributed by atoms with Gasteiger partial charge in [0, 0.05) is 6.42 Å². The first kappa shape index (κ1) is 54.2. The van der Waals surface area contributed by atoms with Crippen LogP contribution in [0.15, 0.2) is 12.2 Å². The van der Waals surface area contributed by atoms with Crippen molar-refractivity contribution in [3.8, 4) is 0 Å². The molecule has 0 aromatic heterocycles. The highest BCUT2D eigenvalue weighted by atomic mass is 31.2. The van der Waals surface area contributed by atoms with Gasteiger partial charge in [-0.15, -0.1) is 0 Å². The van der Waals surface area contributed by atoms with E-state index >= 15 is 0 Å². The lowest BCUT2D eigenvalue weighted by Crippen LogP contribution is -2.46. The molecule has 0 aromatic rings. The fourth-order valence-electron chi connectivity index (χ4n) is 6.96. The molecule has 0 heterocycles. The number of amides is 1. The van der Waals surface area contributed by atoms with Crippen molar-refractivity contribution in [2.75, 3.05) is 40.9 Å². The van der Waals surface area contributed by atoms with Crippen LogP contribution in [0.2, 0.25) is 0 Å². The van der Waals surface area contributed by atoms with Crippen molar-refractivity contribution in [3.63, 3.8) is 0 Å². The van der Waals surface area contributed by atoms with E-state index in [2.05, 4.69) is 31.3 Å². The van der Waals surface area contributed by atoms with Gasteiger partial charge in [-0.1, -0.05) is 199 Å². The van der Waals surface area contributed by atoms with Crippen molar-refractivity contribution in [3.05, 3.63) is 12.2 Å². The second-order valence-corrected chi connectivity index (χ2v) is 18.9. The number of phosphoric acid groups is 1. The molecule has 1 amide bonds. The Morgan fingerprint density at radius 2 is 1.02 bits per heavy atom. The van der Waals surface area contributed by atoms with Crippen molar-refractivity contribution in [2.45, 2.75) is 238 Å². The Morgan fingerprint density at radius 3 is 1.47 bits per heavy atom. The third-order valence-corrected chi connectivity index (χ3v) is 11.7. The topological polar surface area (TPSA) is 108 Å². The maximum atomic E-state index is 12.8. The van der Waals surface area contributed by atoms with Crippen molar-refractivity contribution in [1.82, 2.24) is 5.32 Å². The third-order valence-electron chi connectivity index (χ3n) is 10.8. The average Bonchev–Trinajstić information content (AvgIpc) is 3.13. The number of phosphoric ester groups is 1. The van der Waals surface area contributed by atoms with E-state index in [0.717, 1.165) is 51.4 Å². The SMILES string of the molecule is CCCC/C=C\CCCCCCCC(=O)NC(COP(=O)([O-])OCC[N+](C)(C)C)C(O)CCCCCCCCCCCCCCCCCCCCCCCC. The van der Waals surface area contributed by atoms with Gasteiger partial charge in [-0.3, -0.25) is 9.36 Å². The van der Waals surface area contributed by atoms with Crippen LogP contribution in [0, 0.1) is 0 Å². The van der Waals surface area contributed by atoms with Crippen molar-refractivity contribution in [1.29, 1.82) is 0 Å². The molecule has 55 heavy (non-hydrogen) atoms. The summed E-state index contributed by atoms with van der Waals surface area (Å²) < 4.78 is 23.3. The minimum absolute atomic E-state index is 0.0124. The molecular formula is C46H93N2O6P. The number of unbranched alkanes of at least 4 members (excludes halogenated alkanes) is 28. The highest BCUT2D eigenvalue weighted by Gasteiger charge is 2.24. The van der Waals surface area contributed by atoms with Gasteiger partial charge in [0.2, 0.25) is 5.91 Å². The molecule has 0 aliphatic rings. The number of hydrogen-bond donors (Lipinski definition) is 2. The summed E-state index contributed by atoms with van der Waals surface area (Å²) in [5.74, 6) is -0.174. The van der Waals surface area contributed by atoms with Crippen LogP contribution >= 0.6 is 7.82 Å². The van der Waals surface area contributed by atoms with E-state index in [1.807, 2.05) is 21.1 Å². The molecule has 0 radical (unpaired) electrons. The lowest BCUT2D eigenvalue weighted by atomic mass is 10.0. The smallest absolute Gasteiger partial charge is 0.268 e. The number of hydrogen-bond acceptors (Lipinski definition) is 6. The fraction of sp³-hybridized carbons (Fsp3) is 0.935. The molecule has 0 rings (SSSR count). The Labute approximate surface area is 342 Å². The Kier molecular flexibility index (Phi) is 38.2. The molecule has 328 valence electrons. The van der Waals surface area contributed by atoms with Gasteiger partial charge < -0.3 is 28.8 Å². The molecule has 2 N–H and O–H groups in total. The Hall–Kier alpha value is -0.760. The number of quaternary nitrogens is 1. The van der Waals surface area contributed by atoms with Gasteiger partial charge in [-0.25, -0.2) is 0 Å². The number of carbonyl (C=O) groups is 1. The van der Waals surface area contributed by atoms with Crippen molar-refractivity contribution < 1.29 is 32.9 Å². The van der Waals surface area contributed by atoms with Gasteiger partial charge in [-0.2, -0.15) is 0 Å². The van der Waals surface area contributed by atoms with Gasteiger partial charge >= 0.3 is 0 Å². The van der Waals surface area contributed by atoms with E-state index in [1.165, 1.54) is 148 Å². The standard InChI is InChI=1S/C46H93N2O6P/c1-6-8-10-12-14-16-18-19-20-21-22-23-24-25-26-27-28-30-31-33-35-37-39-45(49)44(43-54-55(51,52)53-42-41-48(3,4)5)47-46(50)40-38-36-34-32-29-17-15-13-11-9-7-2/h13,15,44-45,49H,6-12,14,16-43H2,1-5H3,(H-,47,50,51,52)/b15-13-. The minimum Gasteiger partial charge on any atom is -0.756 e. The van der Waals surface area contributed by atoms with Crippen LogP contribution < -0.4 is 10.2 Å². The first-order valence-corrected chi connectivity index (χ1v) is 25.0. The molecule has 0 aliphatic carbocycles. The largest absolute Gasteiger partial charge is 0.756 e. The van der Waals surface area contributed by atoms with Gasteiger partial charge in [0.25, 0.3) is 7.82 Å². The minimum atomic E-state index is -4.56. The molecule has 0 aromatic carbocycles. The molecule has 0 aliphatic heterocycles. The Bertz CT molecular complexity index is 911. The third kappa shape index (κ3) is 41.2. The van der Waals surface area contributed by atoms with Gasteiger partial charge in [0.05, 0.1) is 39.9 Å².